The molecule has 2 aliphatic heterocycles. The zero-order valence-electron chi connectivity index (χ0n) is 14.9. The SMILES string of the molecule is C[C@H](OC(=O)[C@@H]1CCCN1C1=NS(=O)(=O)c2ccccc21)C(=O)N(C)C. The van der Waals surface area contributed by atoms with Gasteiger partial charge in [0.1, 0.15) is 10.9 Å². The third-order valence-electron chi connectivity index (χ3n) is 4.49. The van der Waals surface area contributed by atoms with E-state index in [1.807, 2.05) is 0 Å². The fraction of sp³-hybridized carbons (Fsp3) is 0.471. The predicted molar refractivity (Wildman–Crippen MR) is 94.1 cm³/mol. The molecule has 1 fully saturated rings. The zero-order chi connectivity index (χ0) is 19.1. The Morgan fingerprint density at radius 2 is 2.00 bits per heavy atom. The van der Waals surface area contributed by atoms with Crippen LogP contribution in [0.4, 0.5) is 0 Å². The Labute approximate surface area is 152 Å². The van der Waals surface area contributed by atoms with E-state index in [1.54, 1.807) is 37.2 Å². The van der Waals surface area contributed by atoms with Gasteiger partial charge in [0.2, 0.25) is 0 Å². The lowest BCUT2D eigenvalue weighted by Gasteiger charge is -2.26. The molecule has 0 aliphatic carbocycles. The van der Waals surface area contributed by atoms with E-state index >= 15 is 0 Å². The Balaban J connectivity index is 1.84. The molecule has 1 amide bonds. The summed E-state index contributed by atoms with van der Waals surface area (Å²) in [5.41, 5.74) is 0.490. The van der Waals surface area contributed by atoms with Gasteiger partial charge in [-0.15, -0.1) is 4.40 Å². The van der Waals surface area contributed by atoms with Crippen LogP contribution in [0.25, 0.3) is 0 Å². The number of carbonyl (C=O) groups is 2. The van der Waals surface area contributed by atoms with Crippen LogP contribution in [0.2, 0.25) is 0 Å². The molecule has 2 heterocycles. The van der Waals surface area contributed by atoms with Crippen molar-refractivity contribution in [1.29, 1.82) is 0 Å². The van der Waals surface area contributed by atoms with E-state index in [9.17, 15) is 18.0 Å². The molecule has 2 aliphatic rings. The second-order valence-electron chi connectivity index (χ2n) is 6.55. The third kappa shape index (κ3) is 3.18. The number of nitrogens with zero attached hydrogens (tertiary/aromatic N) is 3. The Kier molecular flexibility index (Phi) is 4.74. The van der Waals surface area contributed by atoms with Crippen LogP contribution in [0.1, 0.15) is 25.3 Å². The van der Waals surface area contributed by atoms with Gasteiger partial charge < -0.3 is 14.5 Å². The lowest BCUT2D eigenvalue weighted by Crippen LogP contribution is -2.44. The van der Waals surface area contributed by atoms with Gasteiger partial charge in [0.15, 0.2) is 11.9 Å². The van der Waals surface area contributed by atoms with Crippen molar-refractivity contribution >= 4 is 27.7 Å². The average Bonchev–Trinajstić information content (AvgIpc) is 3.17. The molecule has 26 heavy (non-hydrogen) atoms. The number of likely N-dealkylation sites (tertiary alicyclic amines) is 1. The number of likely N-dealkylation sites (N-methyl/N-ethyl adjacent to an activating group) is 1. The number of sulfonamides is 1. The maximum atomic E-state index is 12.6. The van der Waals surface area contributed by atoms with Gasteiger partial charge in [-0.25, -0.2) is 4.79 Å². The van der Waals surface area contributed by atoms with E-state index in [-0.39, 0.29) is 16.6 Å². The molecule has 0 saturated carbocycles. The number of rotatable bonds is 3. The number of benzene rings is 1. The van der Waals surface area contributed by atoms with Crippen LogP contribution in [0, 0.1) is 0 Å². The summed E-state index contributed by atoms with van der Waals surface area (Å²) in [4.78, 5) is 27.7. The van der Waals surface area contributed by atoms with E-state index in [0.717, 1.165) is 0 Å². The normalized spacial score (nSPS) is 21.7. The third-order valence-corrected chi connectivity index (χ3v) is 5.82. The van der Waals surface area contributed by atoms with Gasteiger partial charge in [0.05, 0.1) is 0 Å². The minimum atomic E-state index is -3.76. The lowest BCUT2D eigenvalue weighted by atomic mass is 10.1. The van der Waals surface area contributed by atoms with Crippen molar-refractivity contribution in [3.8, 4) is 0 Å². The smallest absolute Gasteiger partial charge is 0.329 e. The molecule has 140 valence electrons. The molecule has 0 spiro atoms. The molecular formula is C17H21N3O5S. The zero-order valence-corrected chi connectivity index (χ0v) is 15.7. The highest BCUT2D eigenvalue weighted by atomic mass is 32.2. The molecule has 0 N–H and O–H groups in total. The molecule has 2 atom stereocenters. The summed E-state index contributed by atoms with van der Waals surface area (Å²) in [5.74, 6) is -0.588. The Morgan fingerprint density at radius 3 is 2.69 bits per heavy atom. The molecular weight excluding hydrogens is 358 g/mol. The summed E-state index contributed by atoms with van der Waals surface area (Å²) in [6.07, 6.45) is 0.321. The van der Waals surface area contributed by atoms with Crippen LogP contribution >= 0.6 is 0 Å². The van der Waals surface area contributed by atoms with Gasteiger partial charge >= 0.3 is 5.97 Å². The van der Waals surface area contributed by atoms with E-state index in [4.69, 9.17) is 4.74 Å². The number of hydrogen-bond donors (Lipinski definition) is 0. The Hall–Kier alpha value is -2.42. The van der Waals surface area contributed by atoms with E-state index in [0.29, 0.717) is 24.9 Å². The number of ether oxygens (including phenoxy) is 1. The Bertz CT molecular complexity index is 878. The highest BCUT2D eigenvalue weighted by Gasteiger charge is 2.40. The van der Waals surface area contributed by atoms with Gasteiger partial charge in [0, 0.05) is 26.2 Å². The van der Waals surface area contributed by atoms with Gasteiger partial charge in [-0.3, -0.25) is 4.79 Å². The Morgan fingerprint density at radius 1 is 1.31 bits per heavy atom. The van der Waals surface area contributed by atoms with Gasteiger partial charge in [-0.1, -0.05) is 12.1 Å². The maximum absolute atomic E-state index is 12.6. The number of amidine groups is 1. The van der Waals surface area contributed by atoms with Crippen LogP contribution in [0.15, 0.2) is 33.6 Å². The molecule has 0 aromatic heterocycles. The summed E-state index contributed by atoms with van der Waals surface area (Å²) in [6, 6.07) is 5.89. The molecule has 1 aromatic carbocycles. The first-order valence-corrected chi connectivity index (χ1v) is 9.79. The van der Waals surface area contributed by atoms with Crippen LogP contribution in [0.3, 0.4) is 0 Å². The van der Waals surface area contributed by atoms with Crippen LogP contribution in [-0.2, 0) is 24.3 Å². The highest BCUT2D eigenvalue weighted by Crippen LogP contribution is 2.31. The molecule has 0 bridgehead atoms. The average molecular weight is 379 g/mol. The molecule has 3 rings (SSSR count). The molecule has 9 heteroatoms. The van der Waals surface area contributed by atoms with Crippen molar-refractivity contribution < 1.29 is 22.7 Å². The van der Waals surface area contributed by atoms with Crippen molar-refractivity contribution in [3.05, 3.63) is 29.8 Å². The fourth-order valence-corrected chi connectivity index (χ4v) is 4.44. The first-order valence-electron chi connectivity index (χ1n) is 8.35. The molecule has 0 unspecified atom stereocenters. The van der Waals surface area contributed by atoms with Crippen molar-refractivity contribution in [1.82, 2.24) is 9.80 Å². The first-order chi connectivity index (χ1) is 12.2. The number of esters is 1. The second-order valence-corrected chi connectivity index (χ2v) is 8.12. The minimum absolute atomic E-state index is 0.144. The monoisotopic (exact) mass is 379 g/mol. The molecule has 1 saturated heterocycles. The highest BCUT2D eigenvalue weighted by molar-refractivity contribution is 7.90. The van der Waals surface area contributed by atoms with Gasteiger partial charge in [-0.05, 0) is 31.9 Å². The summed E-state index contributed by atoms with van der Waals surface area (Å²) in [7, 11) is -0.582. The molecule has 8 nitrogen and oxygen atoms in total. The summed E-state index contributed by atoms with van der Waals surface area (Å²) in [6.45, 7) is 2.02. The number of carbonyl (C=O) groups excluding carboxylic acids is 2. The predicted octanol–water partition coefficient (Wildman–Crippen LogP) is 0.620. The molecule has 0 radical (unpaired) electrons. The van der Waals surface area contributed by atoms with Crippen LogP contribution in [-0.4, -0.2) is 68.7 Å². The van der Waals surface area contributed by atoms with E-state index in [2.05, 4.69) is 4.40 Å². The van der Waals surface area contributed by atoms with Crippen molar-refractivity contribution in [3.63, 3.8) is 0 Å². The minimum Gasteiger partial charge on any atom is -0.451 e. The maximum Gasteiger partial charge on any atom is 0.329 e. The van der Waals surface area contributed by atoms with Gasteiger partial charge in [0.25, 0.3) is 15.9 Å². The topological polar surface area (TPSA) is 96.3 Å². The van der Waals surface area contributed by atoms with E-state index in [1.165, 1.54) is 17.9 Å². The number of fused-ring (bicyclic) bond motifs is 1. The number of amides is 1. The first kappa shape index (κ1) is 18.4. The molecule has 1 aromatic rings. The van der Waals surface area contributed by atoms with Crippen molar-refractivity contribution in [2.24, 2.45) is 4.40 Å². The summed E-state index contributed by atoms with van der Waals surface area (Å²) < 4.78 is 33.7. The second kappa shape index (κ2) is 6.71. The van der Waals surface area contributed by atoms with Crippen molar-refractivity contribution in [2.75, 3.05) is 20.6 Å². The largest absolute Gasteiger partial charge is 0.451 e. The summed E-state index contributed by atoms with van der Waals surface area (Å²) >= 11 is 0. The number of hydrogen-bond acceptors (Lipinski definition) is 6. The lowest BCUT2D eigenvalue weighted by molar-refractivity contribution is -0.160. The van der Waals surface area contributed by atoms with Crippen LogP contribution < -0.4 is 0 Å². The van der Waals surface area contributed by atoms with E-state index < -0.39 is 28.1 Å². The quantitative estimate of drug-likeness (QED) is 0.715. The van der Waals surface area contributed by atoms with Crippen LogP contribution in [0.5, 0.6) is 0 Å². The standard InChI is InChI=1S/C17H21N3O5S/c1-11(16(21)19(2)3)25-17(22)13-8-6-10-20(13)15-12-7-4-5-9-14(12)26(23,24)18-15/h4-5,7,9,11,13H,6,8,10H2,1-3H3/t11-,13-/m0/s1. The van der Waals surface area contributed by atoms with Gasteiger partial charge in [-0.2, -0.15) is 8.42 Å². The fourth-order valence-electron chi connectivity index (χ4n) is 3.23. The van der Waals surface area contributed by atoms with Crippen molar-refractivity contribution in [2.45, 2.75) is 36.8 Å². The summed E-state index contributed by atoms with van der Waals surface area (Å²) in [5, 5.41) is 0.